The molecule has 0 aliphatic rings. The van der Waals surface area contributed by atoms with Crippen LogP contribution in [-0.4, -0.2) is 17.6 Å². The summed E-state index contributed by atoms with van der Waals surface area (Å²) in [5, 5.41) is 13.6. The van der Waals surface area contributed by atoms with Gasteiger partial charge in [-0.3, -0.25) is 4.79 Å². The third-order valence-electron chi connectivity index (χ3n) is 4.96. The molecule has 1 atom stereocenters. The van der Waals surface area contributed by atoms with Gasteiger partial charge in [0.2, 0.25) is 5.91 Å². The van der Waals surface area contributed by atoms with E-state index in [4.69, 9.17) is 0 Å². The van der Waals surface area contributed by atoms with Gasteiger partial charge in [0.25, 0.3) is 0 Å². The minimum absolute atomic E-state index is 0.0305. The van der Waals surface area contributed by atoms with Gasteiger partial charge < -0.3 is 10.4 Å². The Morgan fingerprint density at radius 3 is 2.07 bits per heavy atom. The molecule has 1 unspecified atom stereocenters. The van der Waals surface area contributed by atoms with E-state index in [0.717, 1.165) is 29.5 Å². The number of aliphatic hydroxyl groups is 1. The Bertz CT molecular complexity index is 871. The smallest absolute Gasteiger partial charge is 0.220 e. The van der Waals surface area contributed by atoms with E-state index in [0.29, 0.717) is 6.42 Å². The lowest BCUT2D eigenvalue weighted by Crippen LogP contribution is -2.38. The van der Waals surface area contributed by atoms with Gasteiger partial charge in [-0.2, -0.15) is 0 Å². The van der Waals surface area contributed by atoms with Gasteiger partial charge in [-0.05, 0) is 42.0 Å². The molecule has 144 valence electrons. The summed E-state index contributed by atoms with van der Waals surface area (Å²) in [6.45, 7) is 1.93. The maximum Gasteiger partial charge on any atom is 0.220 e. The summed E-state index contributed by atoms with van der Waals surface area (Å²) in [5.74, 6) is -0.0305. The molecule has 28 heavy (non-hydrogen) atoms. The summed E-state index contributed by atoms with van der Waals surface area (Å²) < 4.78 is 0. The van der Waals surface area contributed by atoms with E-state index in [1.54, 1.807) is 6.92 Å². The van der Waals surface area contributed by atoms with Crippen LogP contribution < -0.4 is 5.32 Å². The van der Waals surface area contributed by atoms with Crippen molar-refractivity contribution in [1.82, 2.24) is 5.32 Å². The summed E-state index contributed by atoms with van der Waals surface area (Å²) in [6.07, 6.45) is 2.13. The zero-order valence-electron chi connectivity index (χ0n) is 16.3. The van der Waals surface area contributed by atoms with Crippen LogP contribution in [0.3, 0.4) is 0 Å². The van der Waals surface area contributed by atoms with Crippen molar-refractivity contribution in [3.8, 4) is 11.1 Å². The molecule has 0 bridgehead atoms. The van der Waals surface area contributed by atoms with Crippen molar-refractivity contribution in [1.29, 1.82) is 0 Å². The Balaban J connectivity index is 1.49. The minimum atomic E-state index is -1.11. The second-order valence-corrected chi connectivity index (χ2v) is 7.33. The van der Waals surface area contributed by atoms with E-state index in [1.165, 1.54) is 5.56 Å². The molecule has 0 aliphatic carbocycles. The molecule has 0 heterocycles. The second-order valence-electron chi connectivity index (χ2n) is 7.33. The first-order valence-electron chi connectivity index (χ1n) is 9.73. The molecule has 2 N–H and O–H groups in total. The van der Waals surface area contributed by atoms with Crippen LogP contribution in [0.25, 0.3) is 11.1 Å². The topological polar surface area (TPSA) is 49.3 Å². The summed E-state index contributed by atoms with van der Waals surface area (Å²) >= 11 is 0. The van der Waals surface area contributed by atoms with Crippen LogP contribution in [0.4, 0.5) is 0 Å². The number of hydrogen-bond donors (Lipinski definition) is 2. The first-order valence-corrected chi connectivity index (χ1v) is 9.73. The van der Waals surface area contributed by atoms with Crippen LogP contribution in [-0.2, 0) is 16.8 Å². The van der Waals surface area contributed by atoms with Crippen LogP contribution >= 0.6 is 0 Å². The predicted octanol–water partition coefficient (Wildman–Crippen LogP) is 4.70. The van der Waals surface area contributed by atoms with Crippen molar-refractivity contribution in [3.63, 3.8) is 0 Å². The number of carbonyl (C=O) groups excluding carboxylic acids is 1. The maximum absolute atomic E-state index is 12.1. The number of amides is 1. The molecule has 0 aromatic heterocycles. The van der Waals surface area contributed by atoms with E-state index in [9.17, 15) is 9.90 Å². The summed E-state index contributed by atoms with van der Waals surface area (Å²) in [5.41, 5.74) is 3.16. The number of nitrogens with one attached hydrogen (secondary N) is 1. The third-order valence-corrected chi connectivity index (χ3v) is 4.96. The van der Waals surface area contributed by atoms with E-state index in [1.807, 2.05) is 60.7 Å². The van der Waals surface area contributed by atoms with Crippen molar-refractivity contribution in [3.05, 3.63) is 96.1 Å². The molecule has 3 aromatic carbocycles. The molecule has 1 amide bonds. The van der Waals surface area contributed by atoms with Crippen LogP contribution in [0.15, 0.2) is 84.9 Å². The van der Waals surface area contributed by atoms with Crippen molar-refractivity contribution in [2.24, 2.45) is 0 Å². The lowest BCUT2D eigenvalue weighted by Gasteiger charge is -2.24. The zero-order chi connectivity index (χ0) is 19.8. The second kappa shape index (κ2) is 9.34. The molecule has 3 aromatic rings. The number of benzene rings is 3. The SMILES string of the molecule is CC(O)(CNC(=O)CCCc1ccccc1)c1ccc(-c2ccccc2)cc1. The largest absolute Gasteiger partial charge is 0.384 e. The van der Waals surface area contributed by atoms with Gasteiger partial charge in [-0.15, -0.1) is 0 Å². The summed E-state index contributed by atoms with van der Waals surface area (Å²) in [4.78, 5) is 12.1. The van der Waals surface area contributed by atoms with Gasteiger partial charge in [0.15, 0.2) is 0 Å². The summed E-state index contributed by atoms with van der Waals surface area (Å²) in [7, 11) is 0. The molecule has 0 aliphatic heterocycles. The van der Waals surface area contributed by atoms with Gasteiger partial charge in [0, 0.05) is 6.42 Å². The Labute approximate surface area is 167 Å². The molecule has 3 nitrogen and oxygen atoms in total. The van der Waals surface area contributed by atoms with Crippen molar-refractivity contribution in [2.45, 2.75) is 31.8 Å². The van der Waals surface area contributed by atoms with E-state index in [-0.39, 0.29) is 12.5 Å². The molecular formula is C25H27NO2. The Morgan fingerprint density at radius 1 is 0.857 bits per heavy atom. The molecule has 0 saturated heterocycles. The van der Waals surface area contributed by atoms with Crippen LogP contribution in [0.5, 0.6) is 0 Å². The first-order chi connectivity index (χ1) is 13.5. The fourth-order valence-corrected chi connectivity index (χ4v) is 3.21. The third kappa shape index (κ3) is 5.54. The Hall–Kier alpha value is -2.91. The maximum atomic E-state index is 12.1. The van der Waals surface area contributed by atoms with Crippen molar-refractivity contribution in [2.75, 3.05) is 6.54 Å². The first kappa shape index (κ1) is 19.8. The highest BCUT2D eigenvalue weighted by Gasteiger charge is 2.23. The number of aryl methyl sites for hydroxylation is 1. The minimum Gasteiger partial charge on any atom is -0.384 e. The quantitative estimate of drug-likeness (QED) is 0.601. The normalized spacial score (nSPS) is 12.9. The van der Waals surface area contributed by atoms with Gasteiger partial charge in [0.05, 0.1) is 6.54 Å². The van der Waals surface area contributed by atoms with Crippen LogP contribution in [0, 0.1) is 0 Å². The molecule has 0 fully saturated rings. The molecule has 3 rings (SSSR count). The van der Waals surface area contributed by atoms with E-state index < -0.39 is 5.60 Å². The molecule has 0 spiro atoms. The Kier molecular flexibility index (Phi) is 6.62. The van der Waals surface area contributed by atoms with Crippen molar-refractivity contribution < 1.29 is 9.90 Å². The van der Waals surface area contributed by atoms with Gasteiger partial charge in [-0.25, -0.2) is 0 Å². The predicted molar refractivity (Wildman–Crippen MR) is 114 cm³/mol. The van der Waals surface area contributed by atoms with Gasteiger partial charge >= 0.3 is 0 Å². The fraction of sp³-hybridized carbons (Fsp3) is 0.240. The number of rotatable bonds is 8. The van der Waals surface area contributed by atoms with Gasteiger partial charge in [-0.1, -0.05) is 84.9 Å². The lowest BCUT2D eigenvalue weighted by molar-refractivity contribution is -0.122. The van der Waals surface area contributed by atoms with Crippen molar-refractivity contribution >= 4 is 5.91 Å². The summed E-state index contributed by atoms with van der Waals surface area (Å²) in [6, 6.07) is 28.1. The highest BCUT2D eigenvalue weighted by Crippen LogP contribution is 2.24. The molecule has 0 radical (unpaired) electrons. The average Bonchev–Trinajstić information content (AvgIpc) is 2.74. The average molecular weight is 373 g/mol. The Morgan fingerprint density at radius 2 is 1.43 bits per heavy atom. The van der Waals surface area contributed by atoms with Gasteiger partial charge in [0.1, 0.15) is 5.60 Å². The lowest BCUT2D eigenvalue weighted by atomic mass is 9.93. The highest BCUT2D eigenvalue weighted by atomic mass is 16.3. The van der Waals surface area contributed by atoms with E-state index in [2.05, 4.69) is 29.6 Å². The fourth-order valence-electron chi connectivity index (χ4n) is 3.21. The highest BCUT2D eigenvalue weighted by molar-refractivity contribution is 5.76. The van der Waals surface area contributed by atoms with Crippen LogP contribution in [0.2, 0.25) is 0 Å². The molecular weight excluding hydrogens is 346 g/mol. The standard InChI is InChI=1S/C25H27NO2/c1-25(28,19-26-24(27)14-8-11-20-9-4-2-5-10-20)23-17-15-22(16-18-23)21-12-6-3-7-13-21/h2-7,9-10,12-13,15-18,28H,8,11,14,19H2,1H3,(H,26,27). The molecule has 0 saturated carbocycles. The van der Waals surface area contributed by atoms with E-state index >= 15 is 0 Å². The zero-order valence-corrected chi connectivity index (χ0v) is 16.3. The molecule has 3 heteroatoms. The number of carbonyl (C=O) groups is 1. The monoisotopic (exact) mass is 373 g/mol. The number of hydrogen-bond acceptors (Lipinski definition) is 2. The van der Waals surface area contributed by atoms with Crippen LogP contribution in [0.1, 0.15) is 30.9 Å².